The fourth-order valence-corrected chi connectivity index (χ4v) is 6.29. The number of hydrogen-bond acceptors (Lipinski definition) is 6. The Hall–Kier alpha value is -6.01. The summed E-state index contributed by atoms with van der Waals surface area (Å²) < 4.78 is 16.6. The first kappa shape index (κ1) is 67.0. The van der Waals surface area contributed by atoms with E-state index in [1.54, 1.807) is 0 Å². The maximum Gasteiger partial charge on any atom is 0.306 e. The molecule has 0 aromatic heterocycles. The second kappa shape index (κ2) is 58.6. The van der Waals surface area contributed by atoms with Gasteiger partial charge in [-0.3, -0.25) is 14.4 Å². The van der Waals surface area contributed by atoms with Gasteiger partial charge in [0.25, 0.3) is 0 Å². The number of hydrogen-bond donors (Lipinski definition) is 0. The molecule has 0 aromatic rings. The van der Waals surface area contributed by atoms with Crippen LogP contribution in [0.4, 0.5) is 0 Å². The predicted octanol–water partition coefficient (Wildman–Crippen LogP) is 18.9. The second-order valence-corrected chi connectivity index (χ2v) is 17.0. The van der Waals surface area contributed by atoms with E-state index in [1.165, 1.54) is 0 Å². The Morgan fingerprint density at radius 1 is 0.274 bits per heavy atom. The molecule has 0 N–H and O–H groups in total. The van der Waals surface area contributed by atoms with E-state index in [0.717, 1.165) is 116 Å². The lowest BCUT2D eigenvalue weighted by atomic mass is 10.2. The standard InChI is InChI=1S/C67H96O6/c1-4-7-10-13-16-19-22-25-28-31-33-36-39-42-45-48-51-54-57-60-66(69)72-63-64(62-71-65(68)59-56-53-50-47-44-41-38-35-30-27-24-21-18-15-12-9-6-3)73-67(70)61-58-55-52-49-46-43-40-37-34-32-29-26-23-20-17-14-11-8-5-2/h7-12,16-21,25-30,33-34,36-38,41-43,45-47,50-52,54-55,64H,4-6,13-15,22-24,31-32,35,39-40,44,48-49,53,56-63H2,1-3H3/b10-7+,11-8+,12-9+,19-16+,20-17+,21-18+,28-25+,29-26+,30-27+,36-33+,37-34+,41-38+,45-42+,46-43+,50-47+,54-51+,55-52+/t64-/m1/s1. The van der Waals surface area contributed by atoms with Gasteiger partial charge in [-0.2, -0.15) is 0 Å². The van der Waals surface area contributed by atoms with Crippen LogP contribution < -0.4 is 0 Å². The van der Waals surface area contributed by atoms with Crippen LogP contribution in [0.1, 0.15) is 175 Å². The van der Waals surface area contributed by atoms with Crippen molar-refractivity contribution in [3.05, 3.63) is 207 Å². The highest BCUT2D eigenvalue weighted by atomic mass is 16.6. The molecule has 0 unspecified atom stereocenters. The summed E-state index contributed by atoms with van der Waals surface area (Å²) in [5, 5.41) is 0. The molecule has 0 heterocycles. The Kier molecular flexibility index (Phi) is 53.7. The van der Waals surface area contributed by atoms with Crippen LogP contribution >= 0.6 is 0 Å². The molecule has 0 fully saturated rings. The minimum atomic E-state index is -0.887. The van der Waals surface area contributed by atoms with E-state index in [2.05, 4.69) is 203 Å². The number of ether oxygens (including phenoxy) is 3. The van der Waals surface area contributed by atoms with Crippen molar-refractivity contribution in [2.45, 2.75) is 181 Å². The highest BCUT2D eigenvalue weighted by Gasteiger charge is 2.19. The van der Waals surface area contributed by atoms with Crippen molar-refractivity contribution in [3.8, 4) is 0 Å². The van der Waals surface area contributed by atoms with Gasteiger partial charge in [-0.05, 0) is 135 Å². The summed E-state index contributed by atoms with van der Waals surface area (Å²) in [5.41, 5.74) is 0. The summed E-state index contributed by atoms with van der Waals surface area (Å²) in [6.45, 7) is 6.08. The Bertz CT molecular complexity index is 1860. The summed E-state index contributed by atoms with van der Waals surface area (Å²) in [4.78, 5) is 38.1. The molecule has 0 aliphatic rings. The smallest absolute Gasteiger partial charge is 0.306 e. The van der Waals surface area contributed by atoms with Crippen LogP contribution in [0.15, 0.2) is 207 Å². The molecular formula is C67H96O6. The topological polar surface area (TPSA) is 78.9 Å². The van der Waals surface area contributed by atoms with Crippen LogP contribution in [0.2, 0.25) is 0 Å². The van der Waals surface area contributed by atoms with Gasteiger partial charge >= 0.3 is 17.9 Å². The van der Waals surface area contributed by atoms with Gasteiger partial charge in [-0.1, -0.05) is 227 Å². The molecule has 1 atom stereocenters. The molecular weight excluding hydrogens is 901 g/mol. The molecule has 6 heteroatoms. The van der Waals surface area contributed by atoms with Gasteiger partial charge in [0.05, 0.1) is 0 Å². The number of rotatable bonds is 46. The Morgan fingerprint density at radius 3 is 0.767 bits per heavy atom. The summed E-state index contributed by atoms with van der Waals surface area (Å²) in [5.74, 6) is -1.22. The van der Waals surface area contributed by atoms with Crippen molar-refractivity contribution in [1.29, 1.82) is 0 Å². The maximum absolute atomic E-state index is 12.8. The normalized spacial score (nSPS) is 13.7. The van der Waals surface area contributed by atoms with Gasteiger partial charge in [-0.25, -0.2) is 0 Å². The summed E-state index contributed by atoms with van der Waals surface area (Å²) in [6, 6.07) is 0. The van der Waals surface area contributed by atoms with Gasteiger partial charge in [0.2, 0.25) is 0 Å². The van der Waals surface area contributed by atoms with E-state index in [1.807, 2.05) is 24.3 Å². The molecule has 0 aromatic carbocycles. The van der Waals surface area contributed by atoms with Gasteiger partial charge < -0.3 is 14.2 Å². The lowest BCUT2D eigenvalue weighted by Gasteiger charge is -2.18. The van der Waals surface area contributed by atoms with Gasteiger partial charge in [-0.15, -0.1) is 0 Å². The third-order valence-electron chi connectivity index (χ3n) is 10.3. The molecule has 0 saturated heterocycles. The molecule has 0 amide bonds. The number of esters is 3. The van der Waals surface area contributed by atoms with E-state index >= 15 is 0 Å². The molecule has 0 aliphatic carbocycles. The van der Waals surface area contributed by atoms with Gasteiger partial charge in [0, 0.05) is 19.3 Å². The van der Waals surface area contributed by atoms with E-state index in [-0.39, 0.29) is 38.4 Å². The zero-order chi connectivity index (χ0) is 52.9. The average molecular weight is 997 g/mol. The van der Waals surface area contributed by atoms with E-state index in [4.69, 9.17) is 14.2 Å². The number of carbonyl (C=O) groups excluding carboxylic acids is 3. The molecule has 0 rings (SSSR count). The fraction of sp³-hybridized carbons (Fsp3) is 0.448. The lowest BCUT2D eigenvalue weighted by Crippen LogP contribution is -2.30. The predicted molar refractivity (Wildman–Crippen MR) is 315 cm³/mol. The monoisotopic (exact) mass is 997 g/mol. The molecule has 0 aliphatic heterocycles. The second-order valence-electron chi connectivity index (χ2n) is 17.0. The Labute approximate surface area is 445 Å². The molecule has 0 saturated carbocycles. The van der Waals surface area contributed by atoms with Gasteiger partial charge in [0.15, 0.2) is 6.10 Å². The quantitative estimate of drug-likeness (QED) is 0.0262. The molecule has 73 heavy (non-hydrogen) atoms. The van der Waals surface area contributed by atoms with Gasteiger partial charge in [0.1, 0.15) is 13.2 Å². The lowest BCUT2D eigenvalue weighted by molar-refractivity contribution is -0.166. The summed E-state index contributed by atoms with van der Waals surface area (Å²) in [7, 11) is 0. The Morgan fingerprint density at radius 2 is 0.493 bits per heavy atom. The molecule has 0 spiro atoms. The number of unbranched alkanes of at least 4 members (excludes halogenated alkanes) is 1. The van der Waals surface area contributed by atoms with Crippen LogP contribution in [0.3, 0.4) is 0 Å². The first-order chi connectivity index (χ1) is 36.0. The third kappa shape index (κ3) is 56.8. The van der Waals surface area contributed by atoms with Crippen LogP contribution in [-0.4, -0.2) is 37.2 Å². The van der Waals surface area contributed by atoms with Crippen molar-refractivity contribution in [3.63, 3.8) is 0 Å². The first-order valence-corrected chi connectivity index (χ1v) is 27.6. The van der Waals surface area contributed by atoms with E-state index in [9.17, 15) is 14.4 Å². The Balaban J connectivity index is 4.76. The summed E-state index contributed by atoms with van der Waals surface area (Å²) in [6.07, 6.45) is 91.3. The zero-order valence-corrected chi connectivity index (χ0v) is 45.5. The average Bonchev–Trinajstić information content (AvgIpc) is 3.39. The van der Waals surface area contributed by atoms with E-state index in [0.29, 0.717) is 19.3 Å². The highest BCUT2D eigenvalue weighted by molar-refractivity contribution is 5.71. The number of allylic oxidation sites excluding steroid dienone is 34. The molecule has 0 radical (unpaired) electrons. The molecule has 6 nitrogen and oxygen atoms in total. The van der Waals surface area contributed by atoms with E-state index < -0.39 is 18.0 Å². The minimum absolute atomic E-state index is 0.163. The van der Waals surface area contributed by atoms with Crippen LogP contribution in [0, 0.1) is 0 Å². The zero-order valence-electron chi connectivity index (χ0n) is 45.5. The van der Waals surface area contributed by atoms with Crippen LogP contribution in [0.5, 0.6) is 0 Å². The van der Waals surface area contributed by atoms with Crippen LogP contribution in [0.25, 0.3) is 0 Å². The molecule has 400 valence electrons. The van der Waals surface area contributed by atoms with Crippen molar-refractivity contribution in [2.24, 2.45) is 0 Å². The maximum atomic E-state index is 12.8. The van der Waals surface area contributed by atoms with Crippen LogP contribution in [-0.2, 0) is 28.6 Å². The van der Waals surface area contributed by atoms with Crippen molar-refractivity contribution in [1.82, 2.24) is 0 Å². The number of carbonyl (C=O) groups is 3. The van der Waals surface area contributed by atoms with Crippen molar-refractivity contribution >= 4 is 17.9 Å². The third-order valence-corrected chi connectivity index (χ3v) is 10.3. The van der Waals surface area contributed by atoms with Crippen molar-refractivity contribution in [2.75, 3.05) is 13.2 Å². The minimum Gasteiger partial charge on any atom is -0.462 e. The molecule has 0 bridgehead atoms. The highest BCUT2D eigenvalue weighted by Crippen LogP contribution is 2.08. The fourth-order valence-electron chi connectivity index (χ4n) is 6.29. The van der Waals surface area contributed by atoms with Crippen molar-refractivity contribution < 1.29 is 28.6 Å². The first-order valence-electron chi connectivity index (χ1n) is 27.6. The summed E-state index contributed by atoms with van der Waals surface area (Å²) >= 11 is 0. The largest absolute Gasteiger partial charge is 0.462 e. The SMILES string of the molecule is CC/C=C/C/C=C/C/C=C/C/C=C/C/C=C/C/C=C/CCC(=O)OC[C@@H](COC(=O)CCC/C=C/C/C=C/C/C=C/C/C=C/C/C=C/CC)OC(=O)CC/C=C/C/C=C/C/C=C/C/C=C/C/C=C/C/C=C/CC.